The van der Waals surface area contributed by atoms with E-state index in [0.717, 1.165) is 5.69 Å². The monoisotopic (exact) mass is 278 g/mol. The molecule has 0 bridgehead atoms. The molecule has 0 aromatic heterocycles. The van der Waals surface area contributed by atoms with Gasteiger partial charge in [-0.3, -0.25) is 4.79 Å². The number of anilines is 2. The van der Waals surface area contributed by atoms with E-state index in [1.165, 1.54) is 6.92 Å². The van der Waals surface area contributed by atoms with Crippen LogP contribution >= 0.6 is 0 Å². The summed E-state index contributed by atoms with van der Waals surface area (Å²) in [5, 5.41) is 5.74. The first-order chi connectivity index (χ1) is 9.17. The van der Waals surface area contributed by atoms with Crippen LogP contribution in [0.4, 0.5) is 11.4 Å². The van der Waals surface area contributed by atoms with Crippen LogP contribution in [0.25, 0.3) is 0 Å². The van der Waals surface area contributed by atoms with Gasteiger partial charge in [0.25, 0.3) is 0 Å². The first kappa shape index (κ1) is 16.0. The smallest absolute Gasteiger partial charge is 0.328 e. The SMILES string of the molecule is CC(=O)Nc1ccc(NC(C)C(=O)OC(C)(C)C)cc1. The summed E-state index contributed by atoms with van der Waals surface area (Å²) in [4.78, 5) is 22.7. The van der Waals surface area contributed by atoms with Gasteiger partial charge in [-0.2, -0.15) is 0 Å². The highest BCUT2D eigenvalue weighted by Gasteiger charge is 2.21. The van der Waals surface area contributed by atoms with Gasteiger partial charge in [0.2, 0.25) is 5.91 Å². The molecule has 1 unspecified atom stereocenters. The summed E-state index contributed by atoms with van der Waals surface area (Å²) in [6.07, 6.45) is 0. The Balaban J connectivity index is 2.60. The largest absolute Gasteiger partial charge is 0.458 e. The fraction of sp³-hybridized carbons (Fsp3) is 0.467. The molecule has 0 spiro atoms. The number of ether oxygens (including phenoxy) is 1. The van der Waals surface area contributed by atoms with Crippen molar-refractivity contribution in [3.8, 4) is 0 Å². The van der Waals surface area contributed by atoms with Crippen molar-refractivity contribution in [3.63, 3.8) is 0 Å². The van der Waals surface area contributed by atoms with Crippen molar-refractivity contribution in [1.82, 2.24) is 0 Å². The third-order valence-electron chi connectivity index (χ3n) is 2.35. The second-order valence-corrected chi connectivity index (χ2v) is 5.66. The van der Waals surface area contributed by atoms with Crippen LogP contribution in [0.15, 0.2) is 24.3 Å². The Hall–Kier alpha value is -2.04. The number of benzene rings is 1. The number of carbonyl (C=O) groups is 2. The summed E-state index contributed by atoms with van der Waals surface area (Å²) in [5.41, 5.74) is 1.01. The minimum Gasteiger partial charge on any atom is -0.458 e. The number of amides is 1. The highest BCUT2D eigenvalue weighted by atomic mass is 16.6. The zero-order valence-corrected chi connectivity index (χ0v) is 12.6. The van der Waals surface area contributed by atoms with Gasteiger partial charge in [0, 0.05) is 18.3 Å². The molecule has 1 amide bonds. The second-order valence-electron chi connectivity index (χ2n) is 5.66. The third-order valence-corrected chi connectivity index (χ3v) is 2.35. The number of esters is 1. The van der Waals surface area contributed by atoms with Gasteiger partial charge in [-0.15, -0.1) is 0 Å². The topological polar surface area (TPSA) is 67.4 Å². The Bertz CT molecular complexity index is 475. The van der Waals surface area contributed by atoms with Gasteiger partial charge >= 0.3 is 5.97 Å². The molecular weight excluding hydrogens is 256 g/mol. The van der Waals surface area contributed by atoms with Gasteiger partial charge in [-0.05, 0) is 52.0 Å². The predicted molar refractivity (Wildman–Crippen MR) is 79.7 cm³/mol. The van der Waals surface area contributed by atoms with E-state index in [1.807, 2.05) is 20.8 Å². The molecule has 1 aromatic rings. The maximum absolute atomic E-state index is 11.8. The Labute approximate surface area is 119 Å². The van der Waals surface area contributed by atoms with Crippen molar-refractivity contribution >= 4 is 23.3 Å². The van der Waals surface area contributed by atoms with Gasteiger partial charge in [-0.1, -0.05) is 0 Å². The summed E-state index contributed by atoms with van der Waals surface area (Å²) >= 11 is 0. The summed E-state index contributed by atoms with van der Waals surface area (Å²) < 4.78 is 5.29. The fourth-order valence-electron chi connectivity index (χ4n) is 1.55. The van der Waals surface area contributed by atoms with Crippen LogP contribution in [-0.2, 0) is 14.3 Å². The molecule has 1 rings (SSSR count). The molecule has 0 radical (unpaired) electrons. The van der Waals surface area contributed by atoms with E-state index >= 15 is 0 Å². The Morgan fingerprint density at radius 3 is 2.05 bits per heavy atom. The normalized spacial score (nSPS) is 12.4. The van der Waals surface area contributed by atoms with Crippen LogP contribution in [0, 0.1) is 0 Å². The molecule has 0 saturated heterocycles. The van der Waals surface area contributed by atoms with Crippen molar-refractivity contribution in [2.75, 3.05) is 10.6 Å². The van der Waals surface area contributed by atoms with Crippen molar-refractivity contribution in [2.24, 2.45) is 0 Å². The lowest BCUT2D eigenvalue weighted by molar-refractivity contribution is -0.155. The first-order valence-electron chi connectivity index (χ1n) is 6.54. The molecule has 20 heavy (non-hydrogen) atoms. The number of nitrogens with one attached hydrogen (secondary N) is 2. The molecule has 5 nitrogen and oxygen atoms in total. The van der Waals surface area contributed by atoms with Crippen LogP contribution in [0.3, 0.4) is 0 Å². The lowest BCUT2D eigenvalue weighted by Crippen LogP contribution is -2.34. The Morgan fingerprint density at radius 2 is 1.60 bits per heavy atom. The van der Waals surface area contributed by atoms with E-state index in [0.29, 0.717) is 5.69 Å². The van der Waals surface area contributed by atoms with Gasteiger partial charge in [-0.25, -0.2) is 4.79 Å². The van der Waals surface area contributed by atoms with Crippen LogP contribution in [0.1, 0.15) is 34.6 Å². The molecule has 0 aliphatic heterocycles. The molecule has 1 aromatic carbocycles. The van der Waals surface area contributed by atoms with Gasteiger partial charge in [0.1, 0.15) is 11.6 Å². The summed E-state index contributed by atoms with van der Waals surface area (Å²) in [7, 11) is 0. The van der Waals surface area contributed by atoms with Crippen LogP contribution in [0.2, 0.25) is 0 Å². The number of hydrogen-bond acceptors (Lipinski definition) is 4. The van der Waals surface area contributed by atoms with E-state index in [2.05, 4.69) is 10.6 Å². The third kappa shape index (κ3) is 5.73. The molecule has 0 aliphatic carbocycles. The molecule has 0 heterocycles. The maximum Gasteiger partial charge on any atom is 0.328 e. The Kier molecular flexibility index (Phi) is 5.13. The average Bonchev–Trinajstić information content (AvgIpc) is 2.28. The zero-order chi connectivity index (χ0) is 15.3. The molecule has 0 fully saturated rings. The lowest BCUT2D eigenvalue weighted by Gasteiger charge is -2.23. The van der Waals surface area contributed by atoms with E-state index in [1.54, 1.807) is 31.2 Å². The number of rotatable bonds is 4. The highest BCUT2D eigenvalue weighted by molar-refractivity contribution is 5.88. The standard InChI is InChI=1S/C15H22N2O3/c1-10(14(19)20-15(3,4)5)16-12-6-8-13(9-7-12)17-11(2)18/h6-10,16H,1-5H3,(H,17,18). The fourth-order valence-corrected chi connectivity index (χ4v) is 1.55. The highest BCUT2D eigenvalue weighted by Crippen LogP contribution is 2.16. The second kappa shape index (κ2) is 6.41. The van der Waals surface area contributed by atoms with Crippen molar-refractivity contribution in [2.45, 2.75) is 46.3 Å². The van der Waals surface area contributed by atoms with E-state index in [9.17, 15) is 9.59 Å². The zero-order valence-electron chi connectivity index (χ0n) is 12.6. The van der Waals surface area contributed by atoms with Crippen LogP contribution in [0.5, 0.6) is 0 Å². The van der Waals surface area contributed by atoms with Gasteiger partial charge in [0.15, 0.2) is 0 Å². The van der Waals surface area contributed by atoms with E-state index < -0.39 is 11.6 Å². The minimum absolute atomic E-state index is 0.118. The van der Waals surface area contributed by atoms with Gasteiger partial charge in [0.05, 0.1) is 0 Å². The first-order valence-corrected chi connectivity index (χ1v) is 6.54. The Morgan fingerprint density at radius 1 is 1.10 bits per heavy atom. The number of carbonyl (C=O) groups excluding carboxylic acids is 2. The quantitative estimate of drug-likeness (QED) is 0.831. The van der Waals surface area contributed by atoms with E-state index in [-0.39, 0.29) is 11.9 Å². The molecule has 5 heteroatoms. The van der Waals surface area contributed by atoms with Crippen molar-refractivity contribution in [1.29, 1.82) is 0 Å². The summed E-state index contributed by atoms with van der Waals surface area (Å²) in [6, 6.07) is 6.69. The predicted octanol–water partition coefficient (Wildman–Crippen LogP) is 2.79. The van der Waals surface area contributed by atoms with E-state index in [4.69, 9.17) is 4.74 Å². The summed E-state index contributed by atoms with van der Waals surface area (Å²) in [5.74, 6) is -0.420. The molecular formula is C15H22N2O3. The average molecular weight is 278 g/mol. The minimum atomic E-state index is -0.498. The molecule has 2 N–H and O–H groups in total. The number of hydrogen-bond donors (Lipinski definition) is 2. The molecule has 1 atom stereocenters. The van der Waals surface area contributed by atoms with Crippen molar-refractivity contribution < 1.29 is 14.3 Å². The summed E-state index contributed by atoms with van der Waals surface area (Å²) in [6.45, 7) is 8.70. The van der Waals surface area contributed by atoms with Crippen molar-refractivity contribution in [3.05, 3.63) is 24.3 Å². The van der Waals surface area contributed by atoms with Crippen LogP contribution in [-0.4, -0.2) is 23.5 Å². The van der Waals surface area contributed by atoms with Gasteiger partial charge < -0.3 is 15.4 Å². The molecule has 0 aliphatic rings. The molecule has 0 saturated carbocycles. The maximum atomic E-state index is 11.8. The molecule has 110 valence electrons. The lowest BCUT2D eigenvalue weighted by atomic mass is 10.2. The van der Waals surface area contributed by atoms with Crippen LogP contribution < -0.4 is 10.6 Å².